The first-order valence-electron chi connectivity index (χ1n) is 5.01. The van der Waals surface area contributed by atoms with Gasteiger partial charge in [-0.05, 0) is 12.1 Å². The van der Waals surface area contributed by atoms with Gasteiger partial charge in [0, 0.05) is 5.39 Å². The Hall–Kier alpha value is -2.27. The number of hydrogen-bond donors (Lipinski definition) is 1. The zero-order valence-corrected chi connectivity index (χ0v) is 8.92. The molecule has 0 aliphatic rings. The molecule has 2 rings (SSSR count). The smallest absolute Gasteiger partial charge is 0.364 e. The van der Waals surface area contributed by atoms with Crippen molar-refractivity contribution in [2.75, 3.05) is 6.54 Å². The van der Waals surface area contributed by atoms with Gasteiger partial charge >= 0.3 is 11.9 Å². The molecule has 0 fully saturated rings. The fraction of sp³-hybridized carbons (Fsp3) is 0.0833. The minimum Gasteiger partial charge on any atom is -0.387 e. The van der Waals surface area contributed by atoms with Crippen molar-refractivity contribution in [3.63, 3.8) is 0 Å². The van der Waals surface area contributed by atoms with E-state index in [1.165, 1.54) is 6.07 Å². The zero-order chi connectivity index (χ0) is 12.3. The Morgan fingerprint density at radius 1 is 1.18 bits per heavy atom. The minimum atomic E-state index is -0.786. The molecule has 0 saturated carbocycles. The molecular weight excluding hydrogens is 220 g/mol. The third-order valence-corrected chi connectivity index (χ3v) is 2.18. The lowest BCUT2D eigenvalue weighted by Crippen LogP contribution is -2.21. The Bertz CT molecular complexity index is 581. The SMILES string of the molecule is NCC(=O)OC(=O)c1ccc2ccccc2n1. The molecule has 0 spiro atoms. The molecule has 0 amide bonds. The number of para-hydroxylation sites is 1. The molecule has 1 aromatic heterocycles. The van der Waals surface area contributed by atoms with E-state index in [1.807, 2.05) is 18.2 Å². The van der Waals surface area contributed by atoms with E-state index in [1.54, 1.807) is 12.1 Å². The summed E-state index contributed by atoms with van der Waals surface area (Å²) in [6.07, 6.45) is 0. The van der Waals surface area contributed by atoms with E-state index < -0.39 is 11.9 Å². The fourth-order valence-electron chi connectivity index (χ4n) is 1.38. The third-order valence-electron chi connectivity index (χ3n) is 2.18. The van der Waals surface area contributed by atoms with Gasteiger partial charge in [-0.2, -0.15) is 0 Å². The summed E-state index contributed by atoms with van der Waals surface area (Å²) in [6.45, 7) is -0.334. The van der Waals surface area contributed by atoms with Crippen molar-refractivity contribution in [1.82, 2.24) is 4.98 Å². The molecule has 0 atom stereocenters. The maximum absolute atomic E-state index is 11.5. The van der Waals surface area contributed by atoms with Gasteiger partial charge in [-0.3, -0.25) is 4.79 Å². The monoisotopic (exact) mass is 230 g/mol. The van der Waals surface area contributed by atoms with Crippen molar-refractivity contribution in [1.29, 1.82) is 0 Å². The van der Waals surface area contributed by atoms with Crippen molar-refractivity contribution in [3.8, 4) is 0 Å². The summed E-state index contributed by atoms with van der Waals surface area (Å²) in [6, 6.07) is 10.6. The summed E-state index contributed by atoms with van der Waals surface area (Å²) in [5, 5.41) is 0.911. The van der Waals surface area contributed by atoms with Crippen molar-refractivity contribution in [2.24, 2.45) is 5.73 Å². The molecule has 17 heavy (non-hydrogen) atoms. The van der Waals surface area contributed by atoms with Gasteiger partial charge in [-0.25, -0.2) is 9.78 Å². The van der Waals surface area contributed by atoms with Crippen molar-refractivity contribution >= 4 is 22.8 Å². The van der Waals surface area contributed by atoms with Gasteiger partial charge in [0.2, 0.25) is 0 Å². The molecule has 1 aromatic carbocycles. The molecule has 0 bridgehead atoms. The molecule has 1 heterocycles. The van der Waals surface area contributed by atoms with E-state index in [0.717, 1.165) is 5.39 Å². The lowest BCUT2D eigenvalue weighted by atomic mass is 10.2. The lowest BCUT2D eigenvalue weighted by Gasteiger charge is -2.02. The molecular formula is C12H10N2O3. The Morgan fingerprint density at radius 3 is 2.71 bits per heavy atom. The highest BCUT2D eigenvalue weighted by Crippen LogP contribution is 2.12. The lowest BCUT2D eigenvalue weighted by molar-refractivity contribution is -0.136. The van der Waals surface area contributed by atoms with E-state index in [9.17, 15) is 9.59 Å². The van der Waals surface area contributed by atoms with Crippen LogP contribution in [-0.4, -0.2) is 23.5 Å². The van der Waals surface area contributed by atoms with E-state index in [4.69, 9.17) is 5.73 Å². The van der Waals surface area contributed by atoms with Crippen LogP contribution in [0, 0.1) is 0 Å². The number of esters is 2. The minimum absolute atomic E-state index is 0.0884. The molecule has 5 nitrogen and oxygen atoms in total. The zero-order valence-electron chi connectivity index (χ0n) is 8.92. The maximum Gasteiger partial charge on any atom is 0.364 e. The number of ether oxygens (including phenoxy) is 1. The number of nitrogens with two attached hydrogens (primary N) is 1. The van der Waals surface area contributed by atoms with Gasteiger partial charge in [-0.15, -0.1) is 0 Å². The summed E-state index contributed by atoms with van der Waals surface area (Å²) in [4.78, 5) is 26.5. The summed E-state index contributed by atoms with van der Waals surface area (Å²) in [5.74, 6) is -1.56. The van der Waals surface area contributed by atoms with Crippen LogP contribution >= 0.6 is 0 Å². The topological polar surface area (TPSA) is 82.3 Å². The van der Waals surface area contributed by atoms with E-state index in [0.29, 0.717) is 5.52 Å². The van der Waals surface area contributed by atoms with E-state index >= 15 is 0 Å². The molecule has 5 heteroatoms. The number of rotatable bonds is 2. The van der Waals surface area contributed by atoms with Gasteiger partial charge in [0.25, 0.3) is 0 Å². The number of carbonyl (C=O) groups excluding carboxylic acids is 2. The van der Waals surface area contributed by atoms with Gasteiger partial charge in [-0.1, -0.05) is 24.3 Å². The average Bonchev–Trinajstić information content (AvgIpc) is 2.38. The predicted molar refractivity (Wildman–Crippen MR) is 61.2 cm³/mol. The summed E-state index contributed by atoms with van der Waals surface area (Å²) in [7, 11) is 0. The first-order chi connectivity index (χ1) is 8.20. The second-order valence-electron chi connectivity index (χ2n) is 3.35. The summed E-state index contributed by atoms with van der Waals surface area (Å²) in [5.41, 5.74) is 5.80. The molecule has 2 aromatic rings. The van der Waals surface area contributed by atoms with Gasteiger partial charge < -0.3 is 10.5 Å². The van der Waals surface area contributed by atoms with E-state index in [-0.39, 0.29) is 12.2 Å². The molecule has 0 saturated heterocycles. The quantitative estimate of drug-likeness (QED) is 0.611. The van der Waals surface area contributed by atoms with Gasteiger partial charge in [0.1, 0.15) is 5.69 Å². The number of fused-ring (bicyclic) bond motifs is 1. The number of aromatic nitrogens is 1. The first-order valence-corrected chi connectivity index (χ1v) is 5.01. The highest BCUT2D eigenvalue weighted by Gasteiger charge is 2.13. The molecule has 0 aliphatic carbocycles. The predicted octanol–water partition coefficient (Wildman–Crippen LogP) is 0.877. The van der Waals surface area contributed by atoms with Crippen LogP contribution in [0.15, 0.2) is 36.4 Å². The van der Waals surface area contributed by atoms with Gasteiger partial charge in [0.05, 0.1) is 12.1 Å². The van der Waals surface area contributed by atoms with Crippen LogP contribution in [0.1, 0.15) is 10.5 Å². The average molecular weight is 230 g/mol. The van der Waals surface area contributed by atoms with Crippen LogP contribution in [0.5, 0.6) is 0 Å². The maximum atomic E-state index is 11.5. The molecule has 0 unspecified atom stereocenters. The number of benzene rings is 1. The second-order valence-corrected chi connectivity index (χ2v) is 3.35. The number of hydrogen-bond acceptors (Lipinski definition) is 5. The largest absolute Gasteiger partial charge is 0.387 e. The first kappa shape index (κ1) is 11.2. The molecule has 86 valence electrons. The van der Waals surface area contributed by atoms with Crippen molar-refractivity contribution < 1.29 is 14.3 Å². The van der Waals surface area contributed by atoms with Crippen LogP contribution in [0.2, 0.25) is 0 Å². The van der Waals surface area contributed by atoms with Crippen LogP contribution in [0.25, 0.3) is 10.9 Å². The van der Waals surface area contributed by atoms with Crippen molar-refractivity contribution in [3.05, 3.63) is 42.1 Å². The molecule has 2 N–H and O–H groups in total. The second kappa shape index (κ2) is 4.71. The highest BCUT2D eigenvalue weighted by atomic mass is 16.6. The Labute approximate surface area is 97.2 Å². The standard InChI is InChI=1S/C12H10N2O3/c13-7-11(15)17-12(16)10-6-5-8-3-1-2-4-9(8)14-10/h1-6H,7,13H2. The van der Waals surface area contributed by atoms with Crippen molar-refractivity contribution in [2.45, 2.75) is 0 Å². The van der Waals surface area contributed by atoms with Crippen LogP contribution in [-0.2, 0) is 9.53 Å². The number of nitrogens with zero attached hydrogens (tertiary/aromatic N) is 1. The summed E-state index contributed by atoms with van der Waals surface area (Å²) < 4.78 is 4.47. The van der Waals surface area contributed by atoms with E-state index in [2.05, 4.69) is 9.72 Å². The van der Waals surface area contributed by atoms with Gasteiger partial charge in [0.15, 0.2) is 0 Å². The Morgan fingerprint density at radius 2 is 1.94 bits per heavy atom. The number of carbonyl (C=O) groups is 2. The normalized spacial score (nSPS) is 10.2. The summed E-state index contributed by atoms with van der Waals surface area (Å²) >= 11 is 0. The molecule has 0 aliphatic heterocycles. The van der Waals surface area contributed by atoms with Crippen LogP contribution < -0.4 is 5.73 Å². The molecule has 0 radical (unpaired) electrons. The Kier molecular flexibility index (Phi) is 3.11. The highest BCUT2D eigenvalue weighted by molar-refractivity contribution is 5.97. The Balaban J connectivity index is 2.30. The van der Waals surface area contributed by atoms with Crippen LogP contribution in [0.4, 0.5) is 0 Å². The van der Waals surface area contributed by atoms with Crippen LogP contribution in [0.3, 0.4) is 0 Å². The third kappa shape index (κ3) is 2.46. The fourth-order valence-corrected chi connectivity index (χ4v) is 1.38. The number of pyridine rings is 1.